The maximum Gasteiger partial charge on any atom is 0.319 e. The number of anilines is 1. The van der Waals surface area contributed by atoms with Gasteiger partial charge in [-0.2, -0.15) is 9.97 Å². The van der Waals surface area contributed by atoms with Crippen molar-refractivity contribution in [3.63, 3.8) is 0 Å². The largest absolute Gasteiger partial charge is 0.508 e. The quantitative estimate of drug-likeness (QED) is 0.251. The van der Waals surface area contributed by atoms with Gasteiger partial charge >= 0.3 is 6.01 Å². The number of nitrogens with zero attached hydrogens (tertiary/aromatic N) is 5. The number of β-amino-alcohol motifs (C(OH)–C–C–N with tert-alkyl or cyclic N) is 1. The number of allylic oxidation sites excluding steroid dienone is 3. The van der Waals surface area contributed by atoms with Crippen LogP contribution in [0, 0.1) is 11.2 Å². The van der Waals surface area contributed by atoms with Crippen LogP contribution in [0.1, 0.15) is 82.7 Å². The molecule has 2 N–H and O–H groups in total. The van der Waals surface area contributed by atoms with Crippen LogP contribution >= 0.6 is 0 Å². The van der Waals surface area contributed by atoms with E-state index in [1.165, 1.54) is 12.1 Å². The lowest BCUT2D eigenvalue weighted by molar-refractivity contribution is 0.0446. The van der Waals surface area contributed by atoms with Crippen molar-refractivity contribution in [2.75, 3.05) is 45.2 Å². The molecule has 0 bridgehead atoms. The maximum absolute atomic E-state index is 17.6. The highest BCUT2D eigenvalue weighted by molar-refractivity contribution is 6.51. The fraction of sp³-hybridized carbons (Fsp3) is 0.500. The van der Waals surface area contributed by atoms with Gasteiger partial charge in [-0.3, -0.25) is 4.99 Å². The number of aliphatic imine (C=N–C) groups is 1. The summed E-state index contributed by atoms with van der Waals surface area (Å²) >= 11 is 0. The zero-order chi connectivity index (χ0) is 34.5. The number of phenols is 1. The number of hydrogen-bond donors (Lipinski definition) is 2. The monoisotopic (exact) mass is 659 g/mol. The zero-order valence-corrected chi connectivity index (χ0v) is 29.1. The smallest absolute Gasteiger partial charge is 0.319 e. The van der Waals surface area contributed by atoms with E-state index in [2.05, 4.69) is 4.90 Å². The van der Waals surface area contributed by atoms with Gasteiger partial charge in [0, 0.05) is 42.2 Å². The lowest BCUT2D eigenvalue weighted by Crippen LogP contribution is -2.47. The number of benzene rings is 2. The van der Waals surface area contributed by atoms with E-state index in [1.807, 2.05) is 52.8 Å². The Morgan fingerprint density at radius 3 is 2.52 bits per heavy atom. The fourth-order valence-corrected chi connectivity index (χ4v) is 7.38. The first-order valence-electron chi connectivity index (χ1n) is 17.0. The van der Waals surface area contributed by atoms with E-state index in [-0.39, 0.29) is 34.5 Å². The van der Waals surface area contributed by atoms with Crippen molar-refractivity contribution in [1.29, 1.82) is 0 Å². The van der Waals surface area contributed by atoms with Crippen LogP contribution in [0.4, 0.5) is 14.6 Å². The molecule has 0 spiro atoms. The van der Waals surface area contributed by atoms with Crippen molar-refractivity contribution < 1.29 is 23.7 Å². The Labute approximate surface area is 281 Å². The molecule has 8 nitrogen and oxygen atoms in total. The summed E-state index contributed by atoms with van der Waals surface area (Å²) in [6.45, 7) is 11.5. The van der Waals surface area contributed by atoms with Crippen LogP contribution in [0.5, 0.6) is 11.8 Å². The molecular weight excluding hydrogens is 612 g/mol. The molecule has 3 aromatic rings. The van der Waals surface area contributed by atoms with Crippen molar-refractivity contribution in [3.05, 3.63) is 58.5 Å². The van der Waals surface area contributed by atoms with Crippen molar-refractivity contribution in [1.82, 2.24) is 14.9 Å². The Bertz CT molecular complexity index is 1840. The third-order valence-corrected chi connectivity index (χ3v) is 9.60. The minimum absolute atomic E-state index is 0.00997. The molecule has 3 aliphatic rings. The highest BCUT2D eigenvalue weighted by atomic mass is 19.1. The van der Waals surface area contributed by atoms with Gasteiger partial charge in [0.25, 0.3) is 0 Å². The molecule has 1 unspecified atom stereocenters. The van der Waals surface area contributed by atoms with E-state index in [1.54, 1.807) is 19.1 Å². The van der Waals surface area contributed by atoms with Crippen LogP contribution in [0.2, 0.25) is 0 Å². The summed E-state index contributed by atoms with van der Waals surface area (Å²) < 4.78 is 39.3. The van der Waals surface area contributed by atoms with Crippen LogP contribution in [-0.4, -0.2) is 82.8 Å². The van der Waals surface area contributed by atoms with Crippen LogP contribution in [0.25, 0.3) is 27.7 Å². The standard InChI is InChI=1S/C38H47F2N5O3/c1-8-25-28(39)12-11-23-17-24(46)18-27(29(23)25)30-32(40)34-31(26(9-2)33(30)41-22(3)4)35(45-16-10-13-37(5,47)19-45)43-36(42-34)48-21-38(14-15-38)20-44(6)7/h9,11-12,17-18,22,46-47H,8,10,13-16,19-21H2,1-7H3/b26-9-,41-33?. The number of halogens is 2. The Balaban J connectivity index is 1.64. The van der Waals surface area contributed by atoms with Gasteiger partial charge in [0.05, 0.1) is 23.5 Å². The SMILES string of the molecule is C/C=C1\C(=NC(C)C)C(c2cc(O)cc3ccc(F)c(CC)c23)=C(F)c2nc(OCC3(CN(C)C)CC3)nc(N3CCCC(C)(O)C3)c21. The molecule has 1 aromatic heterocycles. The molecule has 1 saturated carbocycles. The molecule has 2 aromatic carbocycles. The molecule has 10 heteroatoms. The highest BCUT2D eigenvalue weighted by Crippen LogP contribution is 2.49. The van der Waals surface area contributed by atoms with E-state index >= 15 is 8.78 Å². The predicted molar refractivity (Wildman–Crippen MR) is 189 cm³/mol. The Kier molecular flexibility index (Phi) is 9.10. The van der Waals surface area contributed by atoms with Gasteiger partial charge in [0.2, 0.25) is 0 Å². The summed E-state index contributed by atoms with van der Waals surface area (Å²) in [6, 6.07) is 5.88. The molecule has 48 heavy (non-hydrogen) atoms. The molecular formula is C38H47F2N5O3. The molecule has 2 fully saturated rings. The van der Waals surface area contributed by atoms with Gasteiger partial charge in [-0.15, -0.1) is 0 Å². The van der Waals surface area contributed by atoms with Crippen molar-refractivity contribution in [2.24, 2.45) is 10.4 Å². The van der Waals surface area contributed by atoms with E-state index in [0.717, 1.165) is 25.8 Å². The number of aromatic hydroxyl groups is 1. The van der Waals surface area contributed by atoms with Crippen LogP contribution < -0.4 is 9.64 Å². The lowest BCUT2D eigenvalue weighted by atomic mass is 9.81. The molecule has 0 radical (unpaired) electrons. The number of ether oxygens (including phenoxy) is 1. The normalized spacial score (nSPS) is 22.4. The number of phenolic OH excluding ortho intramolecular Hbond substituents is 1. The molecule has 256 valence electrons. The number of aromatic nitrogens is 2. The van der Waals surface area contributed by atoms with Gasteiger partial charge in [-0.1, -0.05) is 19.1 Å². The summed E-state index contributed by atoms with van der Waals surface area (Å²) in [6.07, 6.45) is 5.67. The van der Waals surface area contributed by atoms with Crippen LogP contribution in [0.15, 0.2) is 35.3 Å². The molecule has 1 atom stereocenters. The predicted octanol–water partition coefficient (Wildman–Crippen LogP) is 7.21. The number of hydrogen-bond acceptors (Lipinski definition) is 8. The number of rotatable bonds is 9. The molecule has 2 aliphatic carbocycles. The number of aliphatic hydroxyl groups is 1. The van der Waals surface area contributed by atoms with Gasteiger partial charge in [-0.25, -0.2) is 8.78 Å². The Hall–Kier alpha value is -3.89. The molecule has 0 amide bonds. The summed E-state index contributed by atoms with van der Waals surface area (Å²) in [4.78, 5) is 18.8. The summed E-state index contributed by atoms with van der Waals surface area (Å²) in [5, 5.41) is 23.1. The van der Waals surface area contributed by atoms with Gasteiger partial charge in [-0.05, 0) is 114 Å². The lowest BCUT2D eigenvalue weighted by Gasteiger charge is -2.39. The number of fused-ring (bicyclic) bond motifs is 2. The Morgan fingerprint density at radius 1 is 1.15 bits per heavy atom. The van der Waals surface area contributed by atoms with E-state index in [0.29, 0.717) is 77.1 Å². The second-order valence-corrected chi connectivity index (χ2v) is 14.5. The van der Waals surface area contributed by atoms with E-state index < -0.39 is 17.2 Å². The Morgan fingerprint density at radius 2 is 1.90 bits per heavy atom. The highest BCUT2D eigenvalue weighted by Gasteiger charge is 2.45. The third-order valence-electron chi connectivity index (χ3n) is 9.60. The van der Waals surface area contributed by atoms with Crippen molar-refractivity contribution >= 4 is 39.3 Å². The second kappa shape index (κ2) is 12.9. The third kappa shape index (κ3) is 6.44. The topological polar surface area (TPSA) is 94.3 Å². The van der Waals surface area contributed by atoms with Crippen molar-refractivity contribution in [3.8, 4) is 11.8 Å². The minimum Gasteiger partial charge on any atom is -0.508 e. The second-order valence-electron chi connectivity index (χ2n) is 14.5. The molecule has 1 aliphatic heterocycles. The zero-order valence-electron chi connectivity index (χ0n) is 29.1. The minimum atomic E-state index is -0.957. The first kappa shape index (κ1) is 34.0. The van der Waals surface area contributed by atoms with Gasteiger partial charge in [0.1, 0.15) is 23.1 Å². The molecule has 1 saturated heterocycles. The van der Waals surface area contributed by atoms with Crippen LogP contribution in [0.3, 0.4) is 0 Å². The average Bonchev–Trinajstić information content (AvgIpc) is 3.78. The van der Waals surface area contributed by atoms with Gasteiger partial charge in [0.15, 0.2) is 5.83 Å². The molecule has 2 heterocycles. The first-order valence-corrected chi connectivity index (χ1v) is 17.0. The number of piperidine rings is 1. The maximum atomic E-state index is 17.6. The summed E-state index contributed by atoms with van der Waals surface area (Å²) in [5.41, 5.74) is 1.47. The summed E-state index contributed by atoms with van der Waals surface area (Å²) in [7, 11) is 4.07. The average molecular weight is 660 g/mol. The molecule has 6 rings (SSSR count). The van der Waals surface area contributed by atoms with E-state index in [9.17, 15) is 10.2 Å². The van der Waals surface area contributed by atoms with Crippen molar-refractivity contribution in [2.45, 2.75) is 78.4 Å². The van der Waals surface area contributed by atoms with Crippen LogP contribution in [-0.2, 0) is 6.42 Å². The summed E-state index contributed by atoms with van der Waals surface area (Å²) in [5.74, 6) is -0.638. The van der Waals surface area contributed by atoms with Gasteiger partial charge < -0.3 is 24.7 Å². The fourth-order valence-electron chi connectivity index (χ4n) is 7.38. The number of aryl methyl sites for hydroxylation is 1. The first-order chi connectivity index (χ1) is 22.8. The van der Waals surface area contributed by atoms with E-state index in [4.69, 9.17) is 19.7 Å².